The van der Waals surface area contributed by atoms with Crippen molar-refractivity contribution in [3.05, 3.63) is 59.4 Å². The van der Waals surface area contributed by atoms with Gasteiger partial charge in [-0.25, -0.2) is 9.18 Å². The van der Waals surface area contributed by atoms with Crippen LogP contribution in [0.15, 0.2) is 53.6 Å². The number of para-hydroxylation sites is 1. The molecule has 0 aromatic heterocycles. The molecule has 0 spiro atoms. The van der Waals surface area contributed by atoms with Crippen molar-refractivity contribution >= 4 is 11.8 Å². The summed E-state index contributed by atoms with van der Waals surface area (Å²) in [6.07, 6.45) is 1.42. The zero-order valence-corrected chi connectivity index (χ0v) is 14.8. The zero-order chi connectivity index (χ0) is 19.4. The third kappa shape index (κ3) is 4.00. The number of carboxylic acids is 1. The van der Waals surface area contributed by atoms with Gasteiger partial charge in [-0.2, -0.15) is 0 Å². The number of hydrogen-bond donors (Lipinski definition) is 1. The molecule has 0 bridgehead atoms. The van der Waals surface area contributed by atoms with E-state index in [-0.39, 0.29) is 16.9 Å². The van der Waals surface area contributed by atoms with E-state index in [4.69, 9.17) is 14.6 Å². The maximum absolute atomic E-state index is 14.4. The highest BCUT2D eigenvalue weighted by molar-refractivity contribution is 6.04. The number of halogens is 1. The Hall–Kier alpha value is -3.15. The van der Waals surface area contributed by atoms with Gasteiger partial charge in [0.2, 0.25) is 0 Å². The molecule has 5 nitrogen and oxygen atoms in total. The molecular formula is C21H19FO5. The lowest BCUT2D eigenvalue weighted by atomic mass is 10.0. The van der Waals surface area contributed by atoms with Gasteiger partial charge in [0.15, 0.2) is 24.0 Å². The van der Waals surface area contributed by atoms with Crippen molar-refractivity contribution in [2.24, 2.45) is 0 Å². The van der Waals surface area contributed by atoms with E-state index < -0.39 is 24.2 Å². The minimum Gasteiger partial charge on any atom is -0.496 e. The van der Waals surface area contributed by atoms with Crippen LogP contribution in [0.3, 0.4) is 0 Å². The molecular weight excluding hydrogens is 351 g/mol. The van der Waals surface area contributed by atoms with Crippen molar-refractivity contribution < 1.29 is 28.6 Å². The Bertz CT molecular complexity index is 917. The Morgan fingerprint density at radius 2 is 1.81 bits per heavy atom. The first-order valence-electron chi connectivity index (χ1n) is 8.55. The SMILES string of the molecule is COc1ccccc1-c1ccc(OCC(=O)C2=C(C(=O)O)CCC2)c(F)c1. The van der Waals surface area contributed by atoms with E-state index >= 15 is 0 Å². The monoisotopic (exact) mass is 370 g/mol. The minimum absolute atomic E-state index is 0.0579. The van der Waals surface area contributed by atoms with Crippen LogP contribution in [-0.2, 0) is 9.59 Å². The van der Waals surface area contributed by atoms with E-state index in [2.05, 4.69) is 0 Å². The van der Waals surface area contributed by atoms with E-state index in [1.165, 1.54) is 12.1 Å². The fraction of sp³-hybridized carbons (Fsp3) is 0.238. The Kier molecular flexibility index (Phi) is 5.54. The molecule has 0 radical (unpaired) electrons. The van der Waals surface area contributed by atoms with Gasteiger partial charge in [-0.1, -0.05) is 24.3 Å². The van der Waals surface area contributed by atoms with Crippen molar-refractivity contribution in [3.8, 4) is 22.6 Å². The van der Waals surface area contributed by atoms with E-state index in [1.54, 1.807) is 19.2 Å². The first-order valence-corrected chi connectivity index (χ1v) is 8.55. The van der Waals surface area contributed by atoms with Crippen molar-refractivity contribution in [1.29, 1.82) is 0 Å². The fourth-order valence-electron chi connectivity index (χ4n) is 3.19. The summed E-state index contributed by atoms with van der Waals surface area (Å²) in [4.78, 5) is 23.4. The molecule has 0 unspecified atom stereocenters. The minimum atomic E-state index is -1.08. The molecule has 0 saturated carbocycles. The molecule has 140 valence electrons. The molecule has 0 heterocycles. The van der Waals surface area contributed by atoms with E-state index in [1.807, 2.05) is 18.2 Å². The maximum atomic E-state index is 14.4. The van der Waals surface area contributed by atoms with Crippen LogP contribution in [0.2, 0.25) is 0 Å². The van der Waals surface area contributed by atoms with Gasteiger partial charge in [0.25, 0.3) is 0 Å². The van der Waals surface area contributed by atoms with Gasteiger partial charge in [-0.05, 0) is 43.0 Å². The number of carbonyl (C=O) groups excluding carboxylic acids is 1. The van der Waals surface area contributed by atoms with Crippen LogP contribution in [0.5, 0.6) is 11.5 Å². The number of rotatable bonds is 7. The van der Waals surface area contributed by atoms with Crippen molar-refractivity contribution in [2.45, 2.75) is 19.3 Å². The number of benzene rings is 2. The number of carboxylic acid groups (broad SMARTS) is 1. The van der Waals surface area contributed by atoms with Crippen molar-refractivity contribution in [2.75, 3.05) is 13.7 Å². The molecule has 1 N–H and O–H groups in total. The number of carbonyl (C=O) groups is 2. The fourth-order valence-corrected chi connectivity index (χ4v) is 3.19. The largest absolute Gasteiger partial charge is 0.496 e. The number of ketones is 1. The summed E-state index contributed by atoms with van der Waals surface area (Å²) in [6.45, 7) is -0.392. The van der Waals surface area contributed by atoms with E-state index in [0.717, 1.165) is 5.56 Å². The lowest BCUT2D eigenvalue weighted by Crippen LogP contribution is -2.16. The number of aliphatic carboxylic acids is 1. The summed E-state index contributed by atoms with van der Waals surface area (Å²) in [5, 5.41) is 9.12. The highest BCUT2D eigenvalue weighted by Crippen LogP contribution is 2.32. The van der Waals surface area contributed by atoms with Crippen LogP contribution in [0.4, 0.5) is 4.39 Å². The van der Waals surface area contributed by atoms with Gasteiger partial charge in [-0.15, -0.1) is 0 Å². The van der Waals surface area contributed by atoms with Crippen LogP contribution in [-0.4, -0.2) is 30.6 Å². The highest BCUT2D eigenvalue weighted by atomic mass is 19.1. The maximum Gasteiger partial charge on any atom is 0.331 e. The second kappa shape index (κ2) is 8.03. The van der Waals surface area contributed by atoms with Gasteiger partial charge in [0, 0.05) is 16.7 Å². The van der Waals surface area contributed by atoms with Crippen LogP contribution in [0, 0.1) is 5.82 Å². The quantitative estimate of drug-likeness (QED) is 0.797. The predicted molar refractivity (Wildman–Crippen MR) is 97.4 cm³/mol. The number of methoxy groups -OCH3 is 1. The Labute approximate surface area is 156 Å². The van der Waals surface area contributed by atoms with Crippen LogP contribution < -0.4 is 9.47 Å². The topological polar surface area (TPSA) is 72.8 Å². The molecule has 0 amide bonds. The van der Waals surface area contributed by atoms with Crippen LogP contribution in [0.25, 0.3) is 11.1 Å². The van der Waals surface area contributed by atoms with Gasteiger partial charge in [-0.3, -0.25) is 4.79 Å². The Balaban J connectivity index is 1.75. The number of hydrogen-bond acceptors (Lipinski definition) is 4. The summed E-state index contributed by atoms with van der Waals surface area (Å²) in [5.74, 6) is -1.54. The van der Waals surface area contributed by atoms with E-state index in [9.17, 15) is 14.0 Å². The van der Waals surface area contributed by atoms with Gasteiger partial charge < -0.3 is 14.6 Å². The molecule has 0 fully saturated rings. The summed E-state index contributed by atoms with van der Waals surface area (Å²) in [6, 6.07) is 11.7. The van der Waals surface area contributed by atoms with Crippen molar-refractivity contribution in [3.63, 3.8) is 0 Å². The first kappa shape index (κ1) is 18.6. The van der Waals surface area contributed by atoms with E-state index in [0.29, 0.717) is 30.6 Å². The molecule has 27 heavy (non-hydrogen) atoms. The number of Topliss-reactive ketones (excluding diaryl/α,β-unsaturated/α-hetero) is 1. The van der Waals surface area contributed by atoms with Crippen LogP contribution >= 0.6 is 0 Å². The Morgan fingerprint density at radius 1 is 1.07 bits per heavy atom. The van der Waals surface area contributed by atoms with Gasteiger partial charge >= 0.3 is 5.97 Å². The lowest BCUT2D eigenvalue weighted by molar-refractivity contribution is -0.133. The average molecular weight is 370 g/mol. The predicted octanol–water partition coefficient (Wildman–Crippen LogP) is 4.01. The molecule has 2 aromatic carbocycles. The standard InChI is InChI=1S/C21H19FO5/c1-26-19-8-3-2-5-14(19)13-9-10-20(17(22)11-13)27-12-18(23)15-6-4-7-16(15)21(24)25/h2-3,5,8-11H,4,6-7,12H2,1H3,(H,24,25). The normalized spacial score (nSPS) is 13.6. The molecule has 1 aliphatic carbocycles. The molecule has 1 aliphatic rings. The van der Waals surface area contributed by atoms with Crippen LogP contribution in [0.1, 0.15) is 19.3 Å². The third-order valence-corrected chi connectivity index (χ3v) is 4.52. The Morgan fingerprint density at radius 3 is 2.52 bits per heavy atom. The summed E-state index contributed by atoms with van der Waals surface area (Å²) in [5.41, 5.74) is 1.77. The molecule has 3 rings (SSSR count). The lowest BCUT2D eigenvalue weighted by Gasteiger charge is -2.11. The molecule has 0 atom stereocenters. The summed E-state index contributed by atoms with van der Waals surface area (Å²) >= 11 is 0. The zero-order valence-electron chi connectivity index (χ0n) is 14.8. The second-order valence-electron chi connectivity index (χ2n) is 6.17. The molecule has 0 saturated heterocycles. The molecule has 2 aromatic rings. The molecule has 6 heteroatoms. The second-order valence-corrected chi connectivity index (χ2v) is 6.17. The van der Waals surface area contributed by atoms with Gasteiger partial charge in [0.1, 0.15) is 5.75 Å². The number of ether oxygens (including phenoxy) is 2. The smallest absolute Gasteiger partial charge is 0.331 e. The molecule has 0 aliphatic heterocycles. The average Bonchev–Trinajstić information content (AvgIpc) is 3.17. The van der Waals surface area contributed by atoms with Gasteiger partial charge in [0.05, 0.1) is 7.11 Å². The highest BCUT2D eigenvalue weighted by Gasteiger charge is 2.25. The van der Waals surface area contributed by atoms with Crippen molar-refractivity contribution in [1.82, 2.24) is 0 Å². The summed E-state index contributed by atoms with van der Waals surface area (Å²) < 4.78 is 25.0. The first-order chi connectivity index (χ1) is 13.0. The third-order valence-electron chi connectivity index (χ3n) is 4.52. The summed E-state index contributed by atoms with van der Waals surface area (Å²) in [7, 11) is 1.54.